The van der Waals surface area contributed by atoms with Crippen LogP contribution < -0.4 is 5.32 Å². The highest BCUT2D eigenvalue weighted by Gasteiger charge is 2.41. The molecule has 0 heterocycles. The summed E-state index contributed by atoms with van der Waals surface area (Å²) in [5, 5.41) is 8.66. The Morgan fingerprint density at radius 2 is 1.60 bits per heavy atom. The Morgan fingerprint density at radius 3 is 1.95 bits per heavy atom. The van der Waals surface area contributed by atoms with Gasteiger partial charge in [-0.3, -0.25) is 9.59 Å². The van der Waals surface area contributed by atoms with Gasteiger partial charge in [-0.1, -0.05) is 27.7 Å². The van der Waals surface area contributed by atoms with Crippen LogP contribution in [0.1, 0.15) is 41.0 Å². The average Bonchev–Trinajstić information content (AvgIpc) is 2.25. The number of hydrogen-bond acceptors (Lipinski definition) is 4. The molecule has 0 aromatic rings. The summed E-state index contributed by atoms with van der Waals surface area (Å²) in [6, 6.07) is 0. The SMILES string of the molecule is CC(C)CCNC(=O)C(C)S(=O)(=O)C(C(=O)O)C(C)C. The van der Waals surface area contributed by atoms with Gasteiger partial charge in [0, 0.05) is 6.54 Å². The molecule has 0 saturated heterocycles. The van der Waals surface area contributed by atoms with Gasteiger partial charge in [-0.15, -0.1) is 0 Å². The van der Waals surface area contributed by atoms with Gasteiger partial charge >= 0.3 is 5.97 Å². The third kappa shape index (κ3) is 5.11. The fraction of sp³-hybridized carbons (Fsp3) is 0.846. The number of rotatable bonds is 8. The highest BCUT2D eigenvalue weighted by Crippen LogP contribution is 2.18. The molecule has 2 unspecified atom stereocenters. The minimum absolute atomic E-state index is 0.385. The Balaban J connectivity index is 4.92. The molecule has 2 N–H and O–H groups in total. The molecule has 0 aromatic heterocycles. The molecule has 118 valence electrons. The van der Waals surface area contributed by atoms with Crippen molar-refractivity contribution >= 4 is 21.7 Å². The average molecular weight is 307 g/mol. The first-order valence-corrected chi connectivity index (χ1v) is 8.36. The Labute approximate surface area is 120 Å². The third-order valence-electron chi connectivity index (χ3n) is 3.09. The Kier molecular flexibility index (Phi) is 7.19. The van der Waals surface area contributed by atoms with E-state index in [1.807, 2.05) is 13.8 Å². The molecule has 0 radical (unpaired) electrons. The maximum Gasteiger partial charge on any atom is 0.322 e. The first-order valence-electron chi connectivity index (χ1n) is 6.75. The molecule has 0 aliphatic heterocycles. The van der Waals surface area contributed by atoms with Gasteiger partial charge in [0.25, 0.3) is 0 Å². The molecule has 7 heteroatoms. The van der Waals surface area contributed by atoms with Crippen LogP contribution in [-0.4, -0.2) is 42.4 Å². The minimum atomic E-state index is -4.06. The van der Waals surface area contributed by atoms with Crippen molar-refractivity contribution in [1.29, 1.82) is 0 Å². The molecular formula is C13H25NO5S. The van der Waals surface area contributed by atoms with Crippen molar-refractivity contribution in [1.82, 2.24) is 5.32 Å². The zero-order valence-electron chi connectivity index (χ0n) is 12.7. The predicted octanol–water partition coefficient (Wildman–Crippen LogP) is 1.06. The Hall–Kier alpha value is -1.11. The molecule has 0 spiro atoms. The van der Waals surface area contributed by atoms with Crippen molar-refractivity contribution in [3.63, 3.8) is 0 Å². The van der Waals surface area contributed by atoms with Gasteiger partial charge in [0.15, 0.2) is 15.1 Å². The predicted molar refractivity (Wildman–Crippen MR) is 77.1 cm³/mol. The number of carboxylic acids is 1. The molecule has 0 aliphatic rings. The van der Waals surface area contributed by atoms with E-state index in [0.29, 0.717) is 12.5 Å². The molecule has 0 saturated carbocycles. The number of carbonyl (C=O) groups is 2. The van der Waals surface area contributed by atoms with Crippen LogP contribution in [0.25, 0.3) is 0 Å². The van der Waals surface area contributed by atoms with Gasteiger partial charge in [-0.25, -0.2) is 8.42 Å². The van der Waals surface area contributed by atoms with Gasteiger partial charge in [-0.2, -0.15) is 0 Å². The number of amides is 1. The minimum Gasteiger partial charge on any atom is -0.480 e. The number of carboxylic acid groups (broad SMARTS) is 1. The highest BCUT2D eigenvalue weighted by atomic mass is 32.2. The summed E-state index contributed by atoms with van der Waals surface area (Å²) in [5.74, 6) is -2.26. The summed E-state index contributed by atoms with van der Waals surface area (Å²) >= 11 is 0. The van der Waals surface area contributed by atoms with Crippen LogP contribution in [-0.2, 0) is 19.4 Å². The Morgan fingerprint density at radius 1 is 1.10 bits per heavy atom. The van der Waals surface area contributed by atoms with E-state index < -0.39 is 38.1 Å². The highest BCUT2D eigenvalue weighted by molar-refractivity contribution is 7.94. The smallest absolute Gasteiger partial charge is 0.322 e. The molecule has 6 nitrogen and oxygen atoms in total. The van der Waals surface area contributed by atoms with Crippen LogP contribution in [0.3, 0.4) is 0 Å². The molecule has 0 bridgehead atoms. The zero-order valence-corrected chi connectivity index (χ0v) is 13.5. The quantitative estimate of drug-likeness (QED) is 0.698. The van der Waals surface area contributed by atoms with E-state index in [2.05, 4.69) is 5.32 Å². The lowest BCUT2D eigenvalue weighted by Gasteiger charge is -2.21. The molecule has 0 aromatic carbocycles. The van der Waals surface area contributed by atoms with Crippen LogP contribution in [0.15, 0.2) is 0 Å². The molecule has 0 fully saturated rings. The van der Waals surface area contributed by atoms with Crippen molar-refractivity contribution in [2.24, 2.45) is 11.8 Å². The second-order valence-corrected chi connectivity index (χ2v) is 8.10. The van der Waals surface area contributed by atoms with Gasteiger partial charge in [0.1, 0.15) is 5.25 Å². The lowest BCUT2D eigenvalue weighted by atomic mass is 10.1. The van der Waals surface area contributed by atoms with Crippen LogP contribution in [0.2, 0.25) is 0 Å². The normalized spacial score (nSPS) is 15.2. The van der Waals surface area contributed by atoms with Crippen molar-refractivity contribution < 1.29 is 23.1 Å². The number of hydrogen-bond donors (Lipinski definition) is 2. The molecule has 0 aliphatic carbocycles. The monoisotopic (exact) mass is 307 g/mol. The van der Waals surface area contributed by atoms with E-state index >= 15 is 0 Å². The Bertz CT molecular complexity index is 442. The number of aliphatic carboxylic acids is 1. The number of nitrogens with one attached hydrogen (secondary N) is 1. The summed E-state index contributed by atoms with van der Waals surface area (Å²) in [4.78, 5) is 22.9. The van der Waals surface area contributed by atoms with Gasteiger partial charge in [0.2, 0.25) is 5.91 Å². The van der Waals surface area contributed by atoms with Crippen molar-refractivity contribution in [3.05, 3.63) is 0 Å². The lowest BCUT2D eigenvalue weighted by Crippen LogP contribution is -2.46. The summed E-state index contributed by atoms with van der Waals surface area (Å²) in [6.07, 6.45) is 0.741. The fourth-order valence-electron chi connectivity index (χ4n) is 1.80. The van der Waals surface area contributed by atoms with Gasteiger partial charge in [-0.05, 0) is 25.2 Å². The van der Waals surface area contributed by atoms with E-state index in [1.54, 1.807) is 0 Å². The van der Waals surface area contributed by atoms with Gasteiger partial charge in [0.05, 0.1) is 0 Å². The molecule has 0 rings (SSSR count). The summed E-state index contributed by atoms with van der Waals surface area (Å²) in [5.41, 5.74) is 0. The first kappa shape index (κ1) is 18.9. The first-order chi connectivity index (χ1) is 9.01. The zero-order chi connectivity index (χ0) is 16.1. The van der Waals surface area contributed by atoms with E-state index in [9.17, 15) is 18.0 Å². The lowest BCUT2D eigenvalue weighted by molar-refractivity contribution is -0.137. The van der Waals surface area contributed by atoms with Crippen LogP contribution in [0.5, 0.6) is 0 Å². The van der Waals surface area contributed by atoms with Crippen molar-refractivity contribution in [2.75, 3.05) is 6.54 Å². The second-order valence-electron chi connectivity index (χ2n) is 5.71. The standard InChI is InChI=1S/C13H25NO5S/c1-8(2)6-7-14-12(15)10(5)20(18,19)11(9(3)4)13(16)17/h8-11H,6-7H2,1-5H3,(H,14,15)(H,16,17). The maximum absolute atomic E-state index is 12.2. The number of sulfone groups is 1. The molecule has 2 atom stereocenters. The largest absolute Gasteiger partial charge is 0.480 e. The van der Waals surface area contributed by atoms with Crippen molar-refractivity contribution in [3.8, 4) is 0 Å². The molecular weight excluding hydrogens is 282 g/mol. The van der Waals surface area contributed by atoms with Crippen LogP contribution in [0.4, 0.5) is 0 Å². The fourth-order valence-corrected chi connectivity index (χ4v) is 3.66. The van der Waals surface area contributed by atoms with Crippen LogP contribution in [0, 0.1) is 11.8 Å². The summed E-state index contributed by atoms with van der Waals surface area (Å²) < 4.78 is 24.4. The summed E-state index contributed by atoms with van der Waals surface area (Å²) in [7, 11) is -4.06. The van der Waals surface area contributed by atoms with E-state index in [4.69, 9.17) is 5.11 Å². The maximum atomic E-state index is 12.2. The van der Waals surface area contributed by atoms with E-state index in [0.717, 1.165) is 6.42 Å². The van der Waals surface area contributed by atoms with E-state index in [1.165, 1.54) is 20.8 Å². The van der Waals surface area contributed by atoms with E-state index in [-0.39, 0.29) is 0 Å². The van der Waals surface area contributed by atoms with Crippen LogP contribution >= 0.6 is 0 Å². The van der Waals surface area contributed by atoms with Crippen molar-refractivity contribution in [2.45, 2.75) is 51.5 Å². The van der Waals surface area contributed by atoms with Gasteiger partial charge < -0.3 is 10.4 Å². The second kappa shape index (κ2) is 7.61. The summed E-state index contributed by atoms with van der Waals surface area (Å²) in [6.45, 7) is 8.63. The molecule has 1 amide bonds. The topological polar surface area (TPSA) is 101 Å². The number of carbonyl (C=O) groups excluding carboxylic acids is 1. The third-order valence-corrected chi connectivity index (χ3v) is 5.74. The molecule has 20 heavy (non-hydrogen) atoms.